The lowest BCUT2D eigenvalue weighted by Gasteiger charge is -2.06. The number of carbonyl (C=O) groups excluding carboxylic acids is 1. The molecule has 0 N–H and O–H groups in total. The molecular formula is C15H19NO2. The molecule has 0 aliphatic carbocycles. The first-order valence-electron chi connectivity index (χ1n) is 6.07. The number of benzene rings is 1. The summed E-state index contributed by atoms with van der Waals surface area (Å²) >= 11 is 0. The second kappa shape index (κ2) is 7.43. The number of allylic oxidation sites excluding steroid dienone is 1. The van der Waals surface area contributed by atoms with Crippen molar-refractivity contribution in [3.8, 4) is 0 Å². The van der Waals surface area contributed by atoms with E-state index >= 15 is 0 Å². The smallest absolute Gasteiger partial charge is 0.330 e. The highest BCUT2D eigenvalue weighted by molar-refractivity contribution is 5.98. The van der Waals surface area contributed by atoms with Crippen LogP contribution in [0.4, 0.5) is 0 Å². The number of esters is 1. The zero-order valence-electron chi connectivity index (χ0n) is 11.1. The Morgan fingerprint density at radius 1 is 1.33 bits per heavy atom. The normalized spacial score (nSPS) is 13.6. The maximum Gasteiger partial charge on any atom is 0.330 e. The molecule has 0 aromatic heterocycles. The Labute approximate surface area is 108 Å². The molecule has 0 saturated carbocycles. The molecular weight excluding hydrogens is 226 g/mol. The van der Waals surface area contributed by atoms with Crippen LogP contribution in [0.15, 0.2) is 47.5 Å². The minimum Gasteiger partial charge on any atom is -0.463 e. The van der Waals surface area contributed by atoms with Crippen LogP contribution in [0.5, 0.6) is 0 Å². The molecule has 18 heavy (non-hydrogen) atoms. The molecule has 0 heterocycles. The van der Waals surface area contributed by atoms with E-state index in [0.29, 0.717) is 6.61 Å². The third-order valence-electron chi connectivity index (χ3n) is 2.43. The van der Waals surface area contributed by atoms with Gasteiger partial charge in [0.05, 0.1) is 12.6 Å². The van der Waals surface area contributed by atoms with Crippen LogP contribution in [0.2, 0.25) is 0 Å². The summed E-state index contributed by atoms with van der Waals surface area (Å²) in [6.45, 7) is 6.07. The molecule has 0 bridgehead atoms. The van der Waals surface area contributed by atoms with Crippen molar-refractivity contribution in [1.82, 2.24) is 0 Å². The van der Waals surface area contributed by atoms with Crippen LogP contribution in [0.1, 0.15) is 32.4 Å². The summed E-state index contributed by atoms with van der Waals surface area (Å²) < 4.78 is 4.80. The van der Waals surface area contributed by atoms with Gasteiger partial charge in [0.1, 0.15) is 0 Å². The average molecular weight is 245 g/mol. The van der Waals surface area contributed by atoms with Crippen molar-refractivity contribution in [2.24, 2.45) is 4.99 Å². The van der Waals surface area contributed by atoms with Crippen molar-refractivity contribution >= 4 is 11.7 Å². The molecule has 0 radical (unpaired) electrons. The van der Waals surface area contributed by atoms with Crippen molar-refractivity contribution in [1.29, 1.82) is 0 Å². The van der Waals surface area contributed by atoms with Gasteiger partial charge in [-0.3, -0.25) is 4.99 Å². The Morgan fingerprint density at radius 2 is 2.00 bits per heavy atom. The van der Waals surface area contributed by atoms with Gasteiger partial charge in [0, 0.05) is 11.8 Å². The van der Waals surface area contributed by atoms with Crippen LogP contribution in [-0.2, 0) is 9.53 Å². The van der Waals surface area contributed by atoms with Crippen LogP contribution in [0.25, 0.3) is 0 Å². The van der Waals surface area contributed by atoms with E-state index in [0.717, 1.165) is 11.3 Å². The summed E-state index contributed by atoms with van der Waals surface area (Å²) in [4.78, 5) is 15.6. The molecule has 1 atom stereocenters. The average Bonchev–Trinajstić information content (AvgIpc) is 2.38. The van der Waals surface area contributed by atoms with Crippen LogP contribution in [0.3, 0.4) is 0 Å². The molecule has 0 spiro atoms. The Bertz CT molecular complexity index is 435. The molecule has 3 nitrogen and oxygen atoms in total. The molecule has 0 aliphatic heterocycles. The predicted molar refractivity (Wildman–Crippen MR) is 73.7 cm³/mol. The van der Waals surface area contributed by atoms with Gasteiger partial charge in [-0.2, -0.15) is 0 Å². The van der Waals surface area contributed by atoms with Crippen LogP contribution < -0.4 is 0 Å². The van der Waals surface area contributed by atoms with E-state index < -0.39 is 0 Å². The second-order valence-corrected chi connectivity index (χ2v) is 3.94. The summed E-state index contributed by atoms with van der Waals surface area (Å²) in [5, 5.41) is 0. The second-order valence-electron chi connectivity index (χ2n) is 3.94. The van der Waals surface area contributed by atoms with Crippen molar-refractivity contribution in [2.45, 2.75) is 26.8 Å². The molecule has 0 saturated heterocycles. The minimum atomic E-state index is -0.334. The lowest BCUT2D eigenvalue weighted by molar-refractivity contribution is -0.137. The zero-order valence-corrected chi connectivity index (χ0v) is 11.1. The molecule has 0 unspecified atom stereocenters. The summed E-state index contributed by atoms with van der Waals surface area (Å²) in [6.07, 6.45) is 3.08. The van der Waals surface area contributed by atoms with Crippen molar-refractivity contribution < 1.29 is 9.53 Å². The monoisotopic (exact) mass is 245 g/mol. The maximum atomic E-state index is 11.1. The first kappa shape index (κ1) is 14.2. The minimum absolute atomic E-state index is 0.0815. The van der Waals surface area contributed by atoms with Crippen molar-refractivity contribution in [3.63, 3.8) is 0 Å². The summed E-state index contributed by atoms with van der Waals surface area (Å²) in [7, 11) is 0. The van der Waals surface area contributed by atoms with E-state index in [2.05, 4.69) is 4.99 Å². The molecule has 0 amide bonds. The third kappa shape index (κ3) is 4.95. The standard InChI is InChI=1S/C15H19NO2/c1-4-18-15(17)11-10-12(2)16-13(3)14-8-6-5-7-9-14/h5-11,13H,4H2,1-3H3/b11-10+,16-12?/t13-/m1/s1. The fraction of sp³-hybridized carbons (Fsp3) is 0.333. The lowest BCUT2D eigenvalue weighted by Crippen LogP contribution is -2.00. The van der Waals surface area contributed by atoms with Crippen molar-refractivity contribution in [3.05, 3.63) is 48.0 Å². The highest BCUT2D eigenvalue weighted by Gasteiger charge is 2.01. The van der Waals surface area contributed by atoms with E-state index in [-0.39, 0.29) is 12.0 Å². The van der Waals surface area contributed by atoms with E-state index in [1.54, 1.807) is 13.0 Å². The number of ether oxygens (including phenoxy) is 1. The van der Waals surface area contributed by atoms with Gasteiger partial charge in [-0.1, -0.05) is 30.3 Å². The number of hydrogen-bond donors (Lipinski definition) is 0. The van der Waals surface area contributed by atoms with E-state index in [1.165, 1.54) is 6.08 Å². The Kier molecular flexibility index (Phi) is 5.85. The van der Waals surface area contributed by atoms with Crippen molar-refractivity contribution in [2.75, 3.05) is 6.61 Å². The summed E-state index contributed by atoms with van der Waals surface area (Å²) in [5.41, 5.74) is 1.96. The number of aliphatic imine (C=N–C) groups is 1. The number of carbonyl (C=O) groups is 1. The highest BCUT2D eigenvalue weighted by atomic mass is 16.5. The number of hydrogen-bond acceptors (Lipinski definition) is 3. The Hall–Kier alpha value is -1.90. The van der Waals surface area contributed by atoms with E-state index in [9.17, 15) is 4.79 Å². The molecule has 1 aromatic carbocycles. The fourth-order valence-corrected chi connectivity index (χ4v) is 1.53. The van der Waals surface area contributed by atoms with Gasteiger partial charge >= 0.3 is 5.97 Å². The molecule has 1 rings (SSSR count). The molecule has 0 aliphatic rings. The van der Waals surface area contributed by atoms with Crippen LogP contribution >= 0.6 is 0 Å². The molecule has 3 heteroatoms. The van der Waals surface area contributed by atoms with E-state index in [1.807, 2.05) is 44.2 Å². The first-order valence-corrected chi connectivity index (χ1v) is 6.07. The van der Waals surface area contributed by atoms with Gasteiger partial charge in [-0.15, -0.1) is 0 Å². The predicted octanol–water partition coefficient (Wildman–Crippen LogP) is 3.33. The molecule has 0 fully saturated rings. The number of rotatable bonds is 5. The Morgan fingerprint density at radius 3 is 2.61 bits per heavy atom. The Balaban J connectivity index is 2.63. The lowest BCUT2D eigenvalue weighted by atomic mass is 10.1. The highest BCUT2D eigenvalue weighted by Crippen LogP contribution is 2.15. The van der Waals surface area contributed by atoms with Crippen LogP contribution in [-0.4, -0.2) is 18.3 Å². The van der Waals surface area contributed by atoms with Gasteiger partial charge in [-0.05, 0) is 32.4 Å². The van der Waals surface area contributed by atoms with Crippen LogP contribution in [0, 0.1) is 0 Å². The summed E-state index contributed by atoms with van der Waals surface area (Å²) in [6, 6.07) is 10.1. The van der Waals surface area contributed by atoms with Gasteiger partial charge in [0.15, 0.2) is 0 Å². The topological polar surface area (TPSA) is 38.7 Å². The SMILES string of the molecule is CCOC(=O)/C=C/C(C)=N[C@H](C)c1ccccc1. The summed E-state index contributed by atoms with van der Waals surface area (Å²) in [5.74, 6) is -0.334. The van der Waals surface area contributed by atoms with Gasteiger partial charge in [-0.25, -0.2) is 4.79 Å². The van der Waals surface area contributed by atoms with Gasteiger partial charge < -0.3 is 4.74 Å². The fourth-order valence-electron chi connectivity index (χ4n) is 1.53. The maximum absolute atomic E-state index is 11.1. The first-order chi connectivity index (χ1) is 8.63. The number of nitrogens with zero attached hydrogens (tertiary/aromatic N) is 1. The third-order valence-corrected chi connectivity index (χ3v) is 2.43. The largest absolute Gasteiger partial charge is 0.463 e. The van der Waals surface area contributed by atoms with E-state index in [4.69, 9.17) is 4.74 Å². The van der Waals surface area contributed by atoms with Gasteiger partial charge in [0.25, 0.3) is 0 Å². The van der Waals surface area contributed by atoms with Gasteiger partial charge in [0.2, 0.25) is 0 Å². The zero-order chi connectivity index (χ0) is 13.4. The molecule has 96 valence electrons. The quantitative estimate of drug-likeness (QED) is 0.453. The molecule has 1 aromatic rings.